The van der Waals surface area contributed by atoms with Crippen molar-refractivity contribution < 1.29 is 4.74 Å². The summed E-state index contributed by atoms with van der Waals surface area (Å²) in [5, 5.41) is 0.994. The predicted octanol–water partition coefficient (Wildman–Crippen LogP) is 2.69. The third-order valence-corrected chi connectivity index (χ3v) is 3.62. The number of hydrogen-bond donors (Lipinski definition) is 1. The SMILES string of the molecule is COc1ccc(C#CCN)cc1CSc1ccccn1. The Morgan fingerprint density at radius 1 is 1.30 bits per heavy atom. The molecule has 1 aromatic carbocycles. The Hall–Kier alpha value is -1.96. The Kier molecular flexibility index (Phi) is 5.48. The van der Waals surface area contributed by atoms with Gasteiger partial charge in [0, 0.05) is 23.1 Å². The summed E-state index contributed by atoms with van der Waals surface area (Å²) in [6, 6.07) is 11.8. The first-order chi connectivity index (χ1) is 9.83. The summed E-state index contributed by atoms with van der Waals surface area (Å²) in [4.78, 5) is 4.30. The van der Waals surface area contributed by atoms with Gasteiger partial charge in [-0.3, -0.25) is 0 Å². The molecule has 0 spiro atoms. The van der Waals surface area contributed by atoms with Gasteiger partial charge in [0.2, 0.25) is 0 Å². The standard InChI is InChI=1S/C16H16N2OS/c1-19-15-8-7-13(5-4-9-17)11-14(15)12-20-16-6-2-3-10-18-16/h2-3,6-8,10-11H,9,12,17H2,1H3. The Bertz CT molecular complexity index is 617. The molecule has 0 amide bonds. The third kappa shape index (κ3) is 4.02. The highest BCUT2D eigenvalue weighted by molar-refractivity contribution is 7.98. The zero-order valence-corrected chi connectivity index (χ0v) is 12.1. The molecule has 0 atom stereocenters. The van der Waals surface area contributed by atoms with Crippen LogP contribution >= 0.6 is 11.8 Å². The molecule has 2 aromatic rings. The zero-order valence-electron chi connectivity index (χ0n) is 11.3. The molecule has 0 saturated carbocycles. The molecule has 102 valence electrons. The van der Waals surface area contributed by atoms with Crippen LogP contribution in [0.4, 0.5) is 0 Å². The van der Waals surface area contributed by atoms with E-state index < -0.39 is 0 Å². The Balaban J connectivity index is 2.16. The number of rotatable bonds is 4. The minimum Gasteiger partial charge on any atom is -0.496 e. The lowest BCUT2D eigenvalue weighted by atomic mass is 10.1. The maximum absolute atomic E-state index is 5.39. The van der Waals surface area contributed by atoms with Gasteiger partial charge in [-0.2, -0.15) is 0 Å². The topological polar surface area (TPSA) is 48.1 Å². The molecule has 0 radical (unpaired) electrons. The van der Waals surface area contributed by atoms with Crippen molar-refractivity contribution >= 4 is 11.8 Å². The zero-order chi connectivity index (χ0) is 14.2. The van der Waals surface area contributed by atoms with Crippen molar-refractivity contribution in [3.8, 4) is 17.6 Å². The molecule has 0 bridgehead atoms. The highest BCUT2D eigenvalue weighted by Gasteiger charge is 2.05. The van der Waals surface area contributed by atoms with Crippen LogP contribution in [-0.2, 0) is 5.75 Å². The molecular weight excluding hydrogens is 268 g/mol. The quantitative estimate of drug-likeness (QED) is 0.693. The second-order valence-electron chi connectivity index (χ2n) is 3.99. The lowest BCUT2D eigenvalue weighted by Gasteiger charge is -2.08. The van der Waals surface area contributed by atoms with Crippen molar-refractivity contribution in [2.75, 3.05) is 13.7 Å². The smallest absolute Gasteiger partial charge is 0.122 e. The van der Waals surface area contributed by atoms with Gasteiger partial charge in [-0.1, -0.05) is 17.9 Å². The number of nitrogens with two attached hydrogens (primary N) is 1. The van der Waals surface area contributed by atoms with Crippen molar-refractivity contribution in [3.63, 3.8) is 0 Å². The molecule has 3 nitrogen and oxygen atoms in total. The largest absolute Gasteiger partial charge is 0.496 e. The molecule has 0 aliphatic rings. The fourth-order valence-electron chi connectivity index (χ4n) is 1.71. The molecule has 0 fully saturated rings. The molecule has 0 aliphatic carbocycles. The van der Waals surface area contributed by atoms with Gasteiger partial charge in [0.05, 0.1) is 18.7 Å². The number of methoxy groups -OCH3 is 1. The minimum absolute atomic E-state index is 0.365. The number of nitrogens with zero attached hydrogens (tertiary/aromatic N) is 1. The van der Waals surface area contributed by atoms with Crippen molar-refractivity contribution in [1.82, 2.24) is 4.98 Å². The molecule has 2 rings (SSSR count). The molecule has 0 saturated heterocycles. The van der Waals surface area contributed by atoms with Crippen LogP contribution in [0.5, 0.6) is 5.75 Å². The average Bonchev–Trinajstić information content (AvgIpc) is 2.52. The number of pyridine rings is 1. The van der Waals surface area contributed by atoms with E-state index >= 15 is 0 Å². The van der Waals surface area contributed by atoms with Gasteiger partial charge in [-0.15, -0.1) is 11.8 Å². The summed E-state index contributed by atoms with van der Waals surface area (Å²) in [5.74, 6) is 7.56. The number of ether oxygens (including phenoxy) is 1. The third-order valence-electron chi connectivity index (χ3n) is 2.63. The molecule has 0 aliphatic heterocycles. The average molecular weight is 284 g/mol. The lowest BCUT2D eigenvalue weighted by Crippen LogP contribution is -1.94. The maximum Gasteiger partial charge on any atom is 0.122 e. The van der Waals surface area contributed by atoms with Crippen LogP contribution in [0.2, 0.25) is 0 Å². The van der Waals surface area contributed by atoms with Crippen LogP contribution in [0.1, 0.15) is 11.1 Å². The molecule has 0 unspecified atom stereocenters. The lowest BCUT2D eigenvalue weighted by molar-refractivity contribution is 0.411. The molecule has 4 heteroatoms. The normalized spacial score (nSPS) is 9.70. The summed E-state index contributed by atoms with van der Waals surface area (Å²) in [7, 11) is 1.68. The summed E-state index contributed by atoms with van der Waals surface area (Å²) >= 11 is 1.67. The highest BCUT2D eigenvalue weighted by atomic mass is 32.2. The van der Waals surface area contributed by atoms with E-state index in [4.69, 9.17) is 10.5 Å². The second kappa shape index (κ2) is 7.59. The number of hydrogen-bond acceptors (Lipinski definition) is 4. The van der Waals surface area contributed by atoms with E-state index in [1.54, 1.807) is 25.1 Å². The number of benzene rings is 1. The molecule has 2 N–H and O–H groups in total. The van der Waals surface area contributed by atoms with Crippen LogP contribution in [0, 0.1) is 11.8 Å². The van der Waals surface area contributed by atoms with Crippen molar-refractivity contribution in [2.45, 2.75) is 10.8 Å². The van der Waals surface area contributed by atoms with Crippen LogP contribution in [0.25, 0.3) is 0 Å². The number of thioether (sulfide) groups is 1. The first kappa shape index (κ1) is 14.4. The summed E-state index contributed by atoms with van der Waals surface area (Å²) in [5.41, 5.74) is 7.45. The van der Waals surface area contributed by atoms with Crippen LogP contribution in [-0.4, -0.2) is 18.6 Å². The Morgan fingerprint density at radius 2 is 2.20 bits per heavy atom. The van der Waals surface area contributed by atoms with Gasteiger partial charge in [0.25, 0.3) is 0 Å². The van der Waals surface area contributed by atoms with Crippen molar-refractivity contribution in [3.05, 3.63) is 53.7 Å². The van der Waals surface area contributed by atoms with Gasteiger partial charge in [0.1, 0.15) is 5.75 Å². The molecule has 20 heavy (non-hydrogen) atoms. The van der Waals surface area contributed by atoms with E-state index in [1.165, 1.54) is 0 Å². The van der Waals surface area contributed by atoms with Crippen molar-refractivity contribution in [2.24, 2.45) is 5.73 Å². The Morgan fingerprint density at radius 3 is 2.90 bits per heavy atom. The van der Waals surface area contributed by atoms with Crippen LogP contribution < -0.4 is 10.5 Å². The van der Waals surface area contributed by atoms with Gasteiger partial charge < -0.3 is 10.5 Å². The van der Waals surface area contributed by atoms with Crippen molar-refractivity contribution in [1.29, 1.82) is 0 Å². The maximum atomic E-state index is 5.39. The Labute approximate surface area is 123 Å². The number of aromatic nitrogens is 1. The van der Waals surface area contributed by atoms with Gasteiger partial charge in [-0.05, 0) is 30.3 Å². The van der Waals surface area contributed by atoms with E-state index in [0.29, 0.717) is 6.54 Å². The monoisotopic (exact) mass is 284 g/mol. The van der Waals surface area contributed by atoms with E-state index in [0.717, 1.165) is 27.7 Å². The van der Waals surface area contributed by atoms with Gasteiger partial charge in [0.15, 0.2) is 0 Å². The molecule has 1 heterocycles. The van der Waals surface area contributed by atoms with E-state index in [-0.39, 0.29) is 0 Å². The summed E-state index contributed by atoms with van der Waals surface area (Å²) < 4.78 is 5.39. The van der Waals surface area contributed by atoms with Gasteiger partial charge >= 0.3 is 0 Å². The first-order valence-electron chi connectivity index (χ1n) is 6.23. The van der Waals surface area contributed by atoms with E-state index in [2.05, 4.69) is 16.8 Å². The van der Waals surface area contributed by atoms with Crippen LogP contribution in [0.15, 0.2) is 47.6 Å². The van der Waals surface area contributed by atoms with Gasteiger partial charge in [-0.25, -0.2) is 4.98 Å². The molecule has 1 aromatic heterocycles. The van der Waals surface area contributed by atoms with E-state index in [9.17, 15) is 0 Å². The van der Waals surface area contributed by atoms with E-state index in [1.807, 2.05) is 36.4 Å². The second-order valence-corrected chi connectivity index (χ2v) is 4.98. The molecular formula is C16H16N2OS. The fraction of sp³-hybridized carbons (Fsp3) is 0.188. The predicted molar refractivity (Wildman–Crippen MR) is 82.7 cm³/mol. The van der Waals surface area contributed by atoms with Crippen LogP contribution in [0.3, 0.4) is 0 Å². The fourth-order valence-corrected chi connectivity index (χ4v) is 2.55. The summed E-state index contributed by atoms with van der Waals surface area (Å²) in [6.45, 7) is 0.365. The first-order valence-corrected chi connectivity index (χ1v) is 7.21. The minimum atomic E-state index is 0.365. The highest BCUT2D eigenvalue weighted by Crippen LogP contribution is 2.27. The summed E-state index contributed by atoms with van der Waals surface area (Å²) in [6.07, 6.45) is 1.79.